The molecule has 1 aliphatic rings. The predicted octanol–water partition coefficient (Wildman–Crippen LogP) is 0.938. The number of anilines is 1. The number of aromatic nitrogens is 2. The van der Waals surface area contributed by atoms with E-state index in [4.69, 9.17) is 10.5 Å². The summed E-state index contributed by atoms with van der Waals surface area (Å²) >= 11 is 0. The van der Waals surface area contributed by atoms with Crippen molar-refractivity contribution in [2.75, 3.05) is 18.1 Å². The van der Waals surface area contributed by atoms with Gasteiger partial charge in [0.1, 0.15) is 0 Å². The molecule has 1 aliphatic heterocycles. The lowest BCUT2D eigenvalue weighted by Gasteiger charge is -2.33. The Kier molecular flexibility index (Phi) is 3.69. The van der Waals surface area contributed by atoms with Gasteiger partial charge in [0.15, 0.2) is 5.82 Å². The molecule has 0 fully saturated rings. The maximum Gasteiger partial charge on any atom is 0.337 e. The van der Waals surface area contributed by atoms with Gasteiger partial charge in [-0.25, -0.2) is 4.79 Å². The highest BCUT2D eigenvalue weighted by molar-refractivity contribution is 6.00. The molecule has 0 amide bonds. The van der Waals surface area contributed by atoms with Crippen LogP contribution in [0.4, 0.5) is 5.82 Å². The summed E-state index contributed by atoms with van der Waals surface area (Å²) < 4.78 is 5.06. The van der Waals surface area contributed by atoms with Crippen LogP contribution in [0.5, 0.6) is 0 Å². The lowest BCUT2D eigenvalue weighted by atomic mass is 10.0. The molecule has 19 heavy (non-hydrogen) atoms. The first-order chi connectivity index (χ1) is 9.06. The summed E-state index contributed by atoms with van der Waals surface area (Å²) in [5, 5.41) is 8.01. The smallest absolute Gasteiger partial charge is 0.337 e. The fourth-order valence-corrected chi connectivity index (χ4v) is 2.06. The van der Waals surface area contributed by atoms with Crippen molar-refractivity contribution in [2.24, 2.45) is 5.73 Å². The van der Waals surface area contributed by atoms with Gasteiger partial charge in [-0.15, -0.1) is 5.10 Å². The standard InChI is InChI=1S/C13H18N4O2/c1-4-19-13(18)10-7-17(8(2)3)12-9(11(10)14)5-6-15-16-12/h5-6,8H,4,7,14H2,1-3H3. The quantitative estimate of drug-likeness (QED) is 0.816. The van der Waals surface area contributed by atoms with Gasteiger partial charge in [0.25, 0.3) is 0 Å². The van der Waals surface area contributed by atoms with Crippen molar-refractivity contribution >= 4 is 17.5 Å². The highest BCUT2D eigenvalue weighted by atomic mass is 16.5. The Bertz CT molecular complexity index is 525. The Morgan fingerprint density at radius 2 is 2.32 bits per heavy atom. The van der Waals surface area contributed by atoms with Gasteiger partial charge in [0.2, 0.25) is 0 Å². The lowest BCUT2D eigenvalue weighted by Crippen LogP contribution is -2.40. The molecule has 102 valence electrons. The zero-order chi connectivity index (χ0) is 14.0. The van der Waals surface area contributed by atoms with Crippen molar-refractivity contribution in [1.29, 1.82) is 0 Å². The fraction of sp³-hybridized carbons (Fsp3) is 0.462. The highest BCUT2D eigenvalue weighted by Gasteiger charge is 2.30. The molecule has 0 aliphatic carbocycles. The van der Waals surface area contributed by atoms with Crippen LogP contribution in [0.15, 0.2) is 17.8 Å². The van der Waals surface area contributed by atoms with Gasteiger partial charge < -0.3 is 15.4 Å². The monoisotopic (exact) mass is 262 g/mol. The van der Waals surface area contributed by atoms with Crippen molar-refractivity contribution in [1.82, 2.24) is 10.2 Å². The second-order valence-corrected chi connectivity index (χ2v) is 4.60. The Labute approximate surface area is 112 Å². The number of ether oxygens (including phenoxy) is 1. The molecule has 0 saturated heterocycles. The molecule has 6 nitrogen and oxygen atoms in total. The Morgan fingerprint density at radius 3 is 2.95 bits per heavy atom. The Hall–Kier alpha value is -2.11. The van der Waals surface area contributed by atoms with Gasteiger partial charge in [-0.05, 0) is 26.8 Å². The van der Waals surface area contributed by atoms with Crippen molar-refractivity contribution in [3.63, 3.8) is 0 Å². The second kappa shape index (κ2) is 5.26. The van der Waals surface area contributed by atoms with E-state index >= 15 is 0 Å². The minimum atomic E-state index is -0.367. The van der Waals surface area contributed by atoms with Crippen LogP contribution < -0.4 is 10.6 Å². The SMILES string of the molecule is CCOC(=O)C1=C(N)c2ccnnc2N(C(C)C)C1. The molecule has 6 heteroatoms. The number of hydrogen-bond donors (Lipinski definition) is 1. The average Bonchev–Trinajstić information content (AvgIpc) is 2.39. The van der Waals surface area contributed by atoms with Gasteiger partial charge in [-0.1, -0.05) is 0 Å². The number of nitrogens with zero attached hydrogens (tertiary/aromatic N) is 3. The second-order valence-electron chi connectivity index (χ2n) is 4.60. The summed E-state index contributed by atoms with van der Waals surface area (Å²) in [5.41, 5.74) is 7.72. The largest absolute Gasteiger partial charge is 0.463 e. The topological polar surface area (TPSA) is 81.3 Å². The minimum absolute atomic E-state index is 0.188. The normalized spacial score (nSPS) is 14.6. The molecular formula is C13H18N4O2. The summed E-state index contributed by atoms with van der Waals surface area (Å²) in [6.07, 6.45) is 1.57. The third-order valence-corrected chi connectivity index (χ3v) is 3.06. The summed E-state index contributed by atoms with van der Waals surface area (Å²) in [7, 11) is 0. The molecule has 0 unspecified atom stereocenters. The number of carbonyl (C=O) groups is 1. The molecule has 0 atom stereocenters. The molecule has 0 bridgehead atoms. The van der Waals surface area contributed by atoms with Gasteiger partial charge in [-0.2, -0.15) is 5.10 Å². The number of esters is 1. The fourth-order valence-electron chi connectivity index (χ4n) is 2.06. The van der Waals surface area contributed by atoms with E-state index in [1.54, 1.807) is 19.2 Å². The van der Waals surface area contributed by atoms with Crippen LogP contribution in [0.25, 0.3) is 5.70 Å². The third-order valence-electron chi connectivity index (χ3n) is 3.06. The molecule has 0 radical (unpaired) electrons. The third kappa shape index (κ3) is 2.38. The van der Waals surface area contributed by atoms with E-state index in [9.17, 15) is 4.79 Å². The van der Waals surface area contributed by atoms with E-state index in [1.807, 2.05) is 18.7 Å². The molecule has 0 saturated carbocycles. The number of carbonyl (C=O) groups excluding carboxylic acids is 1. The van der Waals surface area contributed by atoms with Crippen LogP contribution in [0.3, 0.4) is 0 Å². The van der Waals surface area contributed by atoms with Crippen LogP contribution in [-0.2, 0) is 9.53 Å². The number of hydrogen-bond acceptors (Lipinski definition) is 6. The first-order valence-electron chi connectivity index (χ1n) is 6.30. The van der Waals surface area contributed by atoms with E-state index in [0.29, 0.717) is 30.2 Å². The zero-order valence-corrected chi connectivity index (χ0v) is 11.4. The predicted molar refractivity (Wildman–Crippen MR) is 72.3 cm³/mol. The average molecular weight is 262 g/mol. The number of fused-ring (bicyclic) bond motifs is 1. The van der Waals surface area contributed by atoms with Crippen LogP contribution in [0, 0.1) is 0 Å². The van der Waals surface area contributed by atoms with Crippen molar-refractivity contribution in [3.05, 3.63) is 23.4 Å². The first kappa shape index (κ1) is 13.3. The van der Waals surface area contributed by atoms with E-state index in [1.165, 1.54) is 0 Å². The summed E-state index contributed by atoms with van der Waals surface area (Å²) in [6, 6.07) is 1.96. The van der Waals surface area contributed by atoms with E-state index in [0.717, 1.165) is 5.56 Å². The summed E-state index contributed by atoms with van der Waals surface area (Å²) in [5.74, 6) is 0.344. The molecule has 0 aromatic carbocycles. The molecule has 1 aromatic rings. The first-order valence-corrected chi connectivity index (χ1v) is 6.30. The van der Waals surface area contributed by atoms with Crippen molar-refractivity contribution < 1.29 is 9.53 Å². The van der Waals surface area contributed by atoms with Gasteiger partial charge in [0.05, 0.1) is 30.6 Å². The molecule has 1 aromatic heterocycles. The zero-order valence-electron chi connectivity index (χ0n) is 11.4. The van der Waals surface area contributed by atoms with Crippen molar-refractivity contribution in [2.45, 2.75) is 26.8 Å². The van der Waals surface area contributed by atoms with Crippen molar-refractivity contribution in [3.8, 4) is 0 Å². The maximum atomic E-state index is 12.0. The molecule has 2 rings (SSSR count). The van der Waals surface area contributed by atoms with E-state index in [-0.39, 0.29) is 12.0 Å². The van der Waals surface area contributed by atoms with Gasteiger partial charge >= 0.3 is 5.97 Å². The van der Waals surface area contributed by atoms with Gasteiger partial charge in [0, 0.05) is 11.6 Å². The van der Waals surface area contributed by atoms with E-state index in [2.05, 4.69) is 10.2 Å². The molecule has 0 spiro atoms. The maximum absolute atomic E-state index is 12.0. The lowest BCUT2D eigenvalue weighted by molar-refractivity contribution is -0.138. The van der Waals surface area contributed by atoms with Gasteiger partial charge in [-0.3, -0.25) is 0 Å². The van der Waals surface area contributed by atoms with Crippen LogP contribution in [0.1, 0.15) is 26.3 Å². The van der Waals surface area contributed by atoms with Crippen LogP contribution >= 0.6 is 0 Å². The number of nitrogens with two attached hydrogens (primary N) is 1. The Morgan fingerprint density at radius 1 is 1.58 bits per heavy atom. The molecule has 2 heterocycles. The summed E-state index contributed by atoms with van der Waals surface area (Å²) in [4.78, 5) is 14.0. The van der Waals surface area contributed by atoms with E-state index < -0.39 is 0 Å². The number of rotatable bonds is 3. The Balaban J connectivity index is 2.49. The molecule has 2 N–H and O–H groups in total. The summed E-state index contributed by atoms with van der Waals surface area (Å²) in [6.45, 7) is 6.56. The molecular weight excluding hydrogens is 244 g/mol. The van der Waals surface area contributed by atoms with Crippen LogP contribution in [-0.4, -0.2) is 35.4 Å². The minimum Gasteiger partial charge on any atom is -0.463 e. The van der Waals surface area contributed by atoms with Crippen LogP contribution in [0.2, 0.25) is 0 Å². The highest BCUT2D eigenvalue weighted by Crippen LogP contribution is 2.31.